The number of rotatable bonds is 6. The first-order valence-electron chi connectivity index (χ1n) is 7.59. The lowest BCUT2D eigenvalue weighted by Crippen LogP contribution is -2.39. The zero-order chi connectivity index (χ0) is 17.5. The molecule has 0 aromatic heterocycles. The number of nitrogens with one attached hydrogen (secondary N) is 2. The van der Waals surface area contributed by atoms with Gasteiger partial charge in [0.05, 0.1) is 13.2 Å². The molecule has 2 N–H and O–H groups in total. The summed E-state index contributed by atoms with van der Waals surface area (Å²) in [5.41, 5.74) is 2.10. The van der Waals surface area contributed by atoms with Gasteiger partial charge in [0, 0.05) is 10.2 Å². The van der Waals surface area contributed by atoms with Gasteiger partial charge in [-0.05, 0) is 62.0 Å². The van der Waals surface area contributed by atoms with E-state index in [1.165, 1.54) is 0 Å². The summed E-state index contributed by atoms with van der Waals surface area (Å²) in [5.74, 6) is 1.44. The van der Waals surface area contributed by atoms with Gasteiger partial charge in [-0.1, -0.05) is 28.1 Å². The van der Waals surface area contributed by atoms with Crippen LogP contribution in [0.2, 0.25) is 0 Å². The fourth-order valence-corrected chi connectivity index (χ4v) is 2.67. The van der Waals surface area contributed by atoms with Crippen molar-refractivity contribution in [3.63, 3.8) is 0 Å². The second kappa shape index (κ2) is 8.89. The molecule has 0 aliphatic heterocycles. The first-order chi connectivity index (χ1) is 11.5. The van der Waals surface area contributed by atoms with Gasteiger partial charge in [-0.3, -0.25) is 0 Å². The van der Waals surface area contributed by atoms with E-state index in [0.29, 0.717) is 11.7 Å². The monoisotopic (exact) mass is 408 g/mol. The molecule has 0 amide bonds. The minimum atomic E-state index is 0.0476. The molecule has 6 heteroatoms. The molecule has 2 rings (SSSR count). The molecule has 2 aromatic carbocycles. The highest BCUT2D eigenvalue weighted by molar-refractivity contribution is 9.10. The van der Waals surface area contributed by atoms with Crippen molar-refractivity contribution >= 4 is 38.9 Å². The molecule has 0 spiro atoms. The highest BCUT2D eigenvalue weighted by atomic mass is 79.9. The Morgan fingerprint density at radius 2 is 1.92 bits per heavy atom. The summed E-state index contributed by atoms with van der Waals surface area (Å²) >= 11 is 8.84. The highest BCUT2D eigenvalue weighted by Crippen LogP contribution is 2.25. The SMILES string of the molecule is COc1ccccc1OC[C@H](C)NC(=S)Nc1ccc(Br)c(C)c1. The molecular weight excluding hydrogens is 388 g/mol. The average Bonchev–Trinajstić information content (AvgIpc) is 2.56. The third-order valence-corrected chi connectivity index (χ3v) is 4.46. The number of para-hydroxylation sites is 2. The van der Waals surface area contributed by atoms with E-state index in [-0.39, 0.29) is 6.04 Å². The highest BCUT2D eigenvalue weighted by Gasteiger charge is 2.08. The predicted molar refractivity (Wildman–Crippen MR) is 106 cm³/mol. The van der Waals surface area contributed by atoms with E-state index in [1.54, 1.807) is 7.11 Å². The van der Waals surface area contributed by atoms with E-state index in [0.717, 1.165) is 27.2 Å². The van der Waals surface area contributed by atoms with Crippen LogP contribution in [-0.2, 0) is 0 Å². The number of methoxy groups -OCH3 is 1. The maximum Gasteiger partial charge on any atom is 0.171 e. The van der Waals surface area contributed by atoms with Crippen LogP contribution in [0.15, 0.2) is 46.9 Å². The zero-order valence-electron chi connectivity index (χ0n) is 13.9. The fourth-order valence-electron chi connectivity index (χ4n) is 2.11. The molecule has 128 valence electrons. The lowest BCUT2D eigenvalue weighted by atomic mass is 10.2. The molecule has 0 fully saturated rings. The van der Waals surface area contributed by atoms with Crippen LogP contribution in [-0.4, -0.2) is 24.9 Å². The summed E-state index contributed by atoms with van der Waals surface area (Å²) in [5, 5.41) is 6.96. The Hall–Kier alpha value is -1.79. The van der Waals surface area contributed by atoms with Crippen molar-refractivity contribution < 1.29 is 9.47 Å². The van der Waals surface area contributed by atoms with Crippen LogP contribution >= 0.6 is 28.1 Å². The number of benzene rings is 2. The van der Waals surface area contributed by atoms with Gasteiger partial charge >= 0.3 is 0 Å². The summed E-state index contributed by atoms with van der Waals surface area (Å²) in [6, 6.07) is 13.6. The molecule has 0 bridgehead atoms. The Labute approximate surface area is 156 Å². The van der Waals surface area contributed by atoms with Gasteiger partial charge in [0.15, 0.2) is 16.6 Å². The van der Waals surface area contributed by atoms with Crippen LogP contribution in [0.3, 0.4) is 0 Å². The van der Waals surface area contributed by atoms with Gasteiger partial charge in [0.25, 0.3) is 0 Å². The zero-order valence-corrected chi connectivity index (χ0v) is 16.3. The third kappa shape index (κ3) is 5.39. The first kappa shape index (κ1) is 18.5. The number of ether oxygens (including phenoxy) is 2. The summed E-state index contributed by atoms with van der Waals surface area (Å²) < 4.78 is 12.1. The van der Waals surface area contributed by atoms with Gasteiger partial charge in [-0.2, -0.15) is 0 Å². The molecule has 1 atom stereocenters. The van der Waals surface area contributed by atoms with E-state index >= 15 is 0 Å². The second-order valence-corrected chi connectivity index (χ2v) is 6.69. The number of halogens is 1. The van der Waals surface area contributed by atoms with E-state index in [2.05, 4.69) is 26.6 Å². The van der Waals surface area contributed by atoms with Gasteiger partial charge in [0.2, 0.25) is 0 Å². The number of hydrogen-bond acceptors (Lipinski definition) is 3. The summed E-state index contributed by atoms with van der Waals surface area (Å²) in [7, 11) is 1.63. The van der Waals surface area contributed by atoms with Crippen LogP contribution in [0.25, 0.3) is 0 Å². The van der Waals surface area contributed by atoms with Crippen LogP contribution in [0.5, 0.6) is 11.5 Å². The van der Waals surface area contributed by atoms with Gasteiger partial charge < -0.3 is 20.1 Å². The van der Waals surface area contributed by atoms with Crippen molar-refractivity contribution in [3.05, 3.63) is 52.5 Å². The molecule has 2 aromatic rings. The van der Waals surface area contributed by atoms with Crippen molar-refractivity contribution in [1.82, 2.24) is 5.32 Å². The molecule has 24 heavy (non-hydrogen) atoms. The van der Waals surface area contributed by atoms with E-state index in [4.69, 9.17) is 21.7 Å². The van der Waals surface area contributed by atoms with Crippen molar-refractivity contribution in [2.45, 2.75) is 19.9 Å². The van der Waals surface area contributed by atoms with Gasteiger partial charge in [0.1, 0.15) is 6.61 Å². The quantitative estimate of drug-likeness (QED) is 0.687. The van der Waals surface area contributed by atoms with E-state index in [1.807, 2.05) is 56.3 Å². The van der Waals surface area contributed by atoms with Gasteiger partial charge in [-0.25, -0.2) is 0 Å². The number of hydrogen-bond donors (Lipinski definition) is 2. The van der Waals surface area contributed by atoms with Crippen LogP contribution in [0.1, 0.15) is 12.5 Å². The minimum Gasteiger partial charge on any atom is -0.493 e. The maximum absolute atomic E-state index is 5.79. The average molecular weight is 409 g/mol. The lowest BCUT2D eigenvalue weighted by Gasteiger charge is -2.18. The molecule has 0 aliphatic carbocycles. The van der Waals surface area contributed by atoms with E-state index in [9.17, 15) is 0 Å². The Bertz CT molecular complexity index is 709. The maximum atomic E-state index is 5.79. The Balaban J connectivity index is 1.84. The largest absolute Gasteiger partial charge is 0.493 e. The Morgan fingerprint density at radius 1 is 1.21 bits per heavy atom. The van der Waals surface area contributed by atoms with Crippen LogP contribution in [0, 0.1) is 6.92 Å². The lowest BCUT2D eigenvalue weighted by molar-refractivity contribution is 0.270. The second-order valence-electron chi connectivity index (χ2n) is 5.43. The molecule has 0 radical (unpaired) electrons. The van der Waals surface area contributed by atoms with Crippen LogP contribution in [0.4, 0.5) is 5.69 Å². The summed E-state index contributed by atoms with van der Waals surface area (Å²) in [4.78, 5) is 0. The normalized spacial score (nSPS) is 11.5. The third-order valence-electron chi connectivity index (χ3n) is 3.35. The number of thiocarbonyl (C=S) groups is 1. The standard InChI is InChI=1S/C18H21BrN2O2S/c1-12-10-14(8-9-15(12)19)21-18(24)20-13(2)11-23-17-7-5-4-6-16(17)22-3/h4-10,13H,11H2,1-3H3,(H2,20,21,24)/t13-/m0/s1. The van der Waals surface area contributed by atoms with Crippen molar-refractivity contribution in [2.24, 2.45) is 0 Å². The minimum absolute atomic E-state index is 0.0476. The number of aryl methyl sites for hydroxylation is 1. The number of anilines is 1. The summed E-state index contributed by atoms with van der Waals surface area (Å²) in [6.07, 6.45) is 0. The predicted octanol–water partition coefficient (Wildman–Crippen LogP) is 4.52. The molecule has 0 unspecified atom stereocenters. The molecule has 0 heterocycles. The smallest absolute Gasteiger partial charge is 0.171 e. The fraction of sp³-hybridized carbons (Fsp3) is 0.278. The van der Waals surface area contributed by atoms with Gasteiger partial charge in [-0.15, -0.1) is 0 Å². The van der Waals surface area contributed by atoms with Crippen LogP contribution < -0.4 is 20.1 Å². The van der Waals surface area contributed by atoms with Crippen molar-refractivity contribution in [1.29, 1.82) is 0 Å². The first-order valence-corrected chi connectivity index (χ1v) is 8.79. The molecule has 0 saturated heterocycles. The van der Waals surface area contributed by atoms with E-state index < -0.39 is 0 Å². The molecule has 0 aliphatic rings. The Kier molecular flexibility index (Phi) is 6.87. The molecule has 0 saturated carbocycles. The summed E-state index contributed by atoms with van der Waals surface area (Å²) in [6.45, 7) is 4.52. The molecular formula is C18H21BrN2O2S. The van der Waals surface area contributed by atoms with Crippen molar-refractivity contribution in [2.75, 3.05) is 19.0 Å². The topological polar surface area (TPSA) is 42.5 Å². The van der Waals surface area contributed by atoms with Crippen molar-refractivity contribution in [3.8, 4) is 11.5 Å². The molecule has 4 nitrogen and oxygen atoms in total. The Morgan fingerprint density at radius 3 is 2.58 bits per heavy atom.